The van der Waals surface area contributed by atoms with Gasteiger partial charge in [-0.3, -0.25) is 4.79 Å². The third-order valence-electron chi connectivity index (χ3n) is 0.906. The zero-order valence-electron chi connectivity index (χ0n) is 8.42. The molecular weight excluding hydrogens is 182 g/mol. The van der Waals surface area contributed by atoms with Crippen LogP contribution in [-0.4, -0.2) is 12.2 Å². The van der Waals surface area contributed by atoms with Crippen molar-refractivity contribution in [3.05, 3.63) is 36.6 Å². The molecular formula is C10H17NOS. The minimum atomic E-state index is -0.110. The van der Waals surface area contributed by atoms with Gasteiger partial charge in [0.1, 0.15) is 0 Å². The molecule has 0 saturated carbocycles. The molecule has 0 spiro atoms. The molecule has 13 heavy (non-hydrogen) atoms. The van der Waals surface area contributed by atoms with Gasteiger partial charge in [0.25, 0.3) is 0 Å². The van der Waals surface area contributed by atoms with E-state index >= 15 is 0 Å². The summed E-state index contributed by atoms with van der Waals surface area (Å²) in [6, 6.07) is 0. The predicted octanol–water partition coefficient (Wildman–Crippen LogP) is 2.31. The van der Waals surface area contributed by atoms with Gasteiger partial charge in [-0.1, -0.05) is 24.8 Å². The fourth-order valence-electron chi connectivity index (χ4n) is 0.511. The molecule has 0 bridgehead atoms. The monoisotopic (exact) mass is 199 g/mol. The van der Waals surface area contributed by atoms with Crippen molar-refractivity contribution in [3.8, 4) is 0 Å². The molecule has 1 N–H and O–H groups in total. The molecule has 0 aromatic carbocycles. The van der Waals surface area contributed by atoms with Crippen molar-refractivity contribution in [2.24, 2.45) is 0 Å². The van der Waals surface area contributed by atoms with Gasteiger partial charge in [0, 0.05) is 12.6 Å². The number of rotatable bonds is 3. The molecule has 0 rings (SSSR count). The molecule has 74 valence electrons. The molecule has 0 heterocycles. The standard InChI is InChI=1S/C9H13NO.CH4S/c1-7(2)5-6-8(3)10-9(4)11;1-2/h5-6H,1,3H2,2,4H3,(H,10,11);2H,1H3/b6-5-;. The van der Waals surface area contributed by atoms with E-state index in [9.17, 15) is 4.79 Å². The Morgan fingerprint density at radius 1 is 1.23 bits per heavy atom. The highest BCUT2D eigenvalue weighted by atomic mass is 32.1. The minimum absolute atomic E-state index is 0.110. The van der Waals surface area contributed by atoms with Gasteiger partial charge < -0.3 is 5.32 Å². The summed E-state index contributed by atoms with van der Waals surface area (Å²) in [6.07, 6.45) is 5.20. The Balaban J connectivity index is 0. The van der Waals surface area contributed by atoms with Gasteiger partial charge in [0.05, 0.1) is 0 Å². The maximum Gasteiger partial charge on any atom is 0.221 e. The highest BCUT2D eigenvalue weighted by molar-refractivity contribution is 7.79. The smallest absolute Gasteiger partial charge is 0.221 e. The highest BCUT2D eigenvalue weighted by Gasteiger charge is 1.89. The Morgan fingerprint density at radius 3 is 2.00 bits per heavy atom. The largest absolute Gasteiger partial charge is 0.327 e. The number of thiol groups is 1. The predicted molar refractivity (Wildman–Crippen MR) is 61.8 cm³/mol. The number of hydrogen-bond donors (Lipinski definition) is 2. The normalized spacial score (nSPS) is 8.62. The quantitative estimate of drug-likeness (QED) is 0.530. The van der Waals surface area contributed by atoms with Crippen LogP contribution in [0.5, 0.6) is 0 Å². The van der Waals surface area contributed by atoms with E-state index < -0.39 is 0 Å². The van der Waals surface area contributed by atoms with Crippen LogP contribution in [0.4, 0.5) is 0 Å². The Hall–Kier alpha value is -0.960. The van der Waals surface area contributed by atoms with Crippen LogP contribution in [0.25, 0.3) is 0 Å². The first-order valence-corrected chi connectivity index (χ1v) is 4.66. The summed E-state index contributed by atoms with van der Waals surface area (Å²) in [5.74, 6) is -0.110. The topological polar surface area (TPSA) is 29.1 Å². The maximum atomic E-state index is 10.5. The number of amides is 1. The maximum absolute atomic E-state index is 10.5. The first kappa shape index (κ1) is 14.6. The van der Waals surface area contributed by atoms with E-state index in [4.69, 9.17) is 0 Å². The molecule has 0 aliphatic carbocycles. The molecule has 2 nitrogen and oxygen atoms in total. The van der Waals surface area contributed by atoms with Crippen LogP contribution in [0.3, 0.4) is 0 Å². The lowest BCUT2D eigenvalue weighted by Crippen LogP contribution is -2.16. The average molecular weight is 199 g/mol. The Morgan fingerprint density at radius 2 is 1.69 bits per heavy atom. The van der Waals surface area contributed by atoms with E-state index in [1.165, 1.54) is 6.92 Å². The second-order valence-electron chi connectivity index (χ2n) is 2.39. The molecule has 1 amide bonds. The van der Waals surface area contributed by atoms with E-state index in [2.05, 4.69) is 31.1 Å². The first-order chi connectivity index (χ1) is 6.02. The van der Waals surface area contributed by atoms with Gasteiger partial charge in [-0.05, 0) is 19.3 Å². The number of carbonyl (C=O) groups excluding carboxylic acids is 1. The molecule has 0 unspecified atom stereocenters. The molecule has 0 aromatic rings. The average Bonchev–Trinajstić information content (AvgIpc) is 2.03. The van der Waals surface area contributed by atoms with Crippen molar-refractivity contribution in [2.75, 3.05) is 6.26 Å². The lowest BCUT2D eigenvalue weighted by Gasteiger charge is -1.98. The summed E-state index contributed by atoms with van der Waals surface area (Å²) in [7, 11) is 0. The number of nitrogens with one attached hydrogen (secondary N) is 1. The van der Waals surface area contributed by atoms with E-state index in [0.29, 0.717) is 5.70 Å². The van der Waals surface area contributed by atoms with Crippen LogP contribution < -0.4 is 5.32 Å². The fraction of sp³-hybridized carbons (Fsp3) is 0.300. The van der Waals surface area contributed by atoms with E-state index in [1.807, 2.05) is 6.92 Å². The summed E-state index contributed by atoms with van der Waals surface area (Å²) in [5, 5.41) is 2.54. The van der Waals surface area contributed by atoms with E-state index in [-0.39, 0.29) is 5.91 Å². The summed E-state index contributed by atoms with van der Waals surface area (Å²) >= 11 is 3.53. The summed E-state index contributed by atoms with van der Waals surface area (Å²) in [4.78, 5) is 10.5. The van der Waals surface area contributed by atoms with Crippen LogP contribution in [-0.2, 0) is 4.79 Å². The van der Waals surface area contributed by atoms with Crippen LogP contribution in [0.2, 0.25) is 0 Å². The third kappa shape index (κ3) is 14.0. The second-order valence-corrected chi connectivity index (χ2v) is 2.39. The molecule has 0 atom stereocenters. The zero-order chi connectivity index (χ0) is 10.9. The molecule has 0 aliphatic heterocycles. The summed E-state index contributed by atoms with van der Waals surface area (Å²) in [6.45, 7) is 10.6. The van der Waals surface area contributed by atoms with Crippen LogP contribution >= 0.6 is 12.6 Å². The van der Waals surface area contributed by atoms with Crippen LogP contribution in [0.1, 0.15) is 13.8 Å². The first-order valence-electron chi connectivity index (χ1n) is 3.77. The van der Waals surface area contributed by atoms with Crippen molar-refractivity contribution in [2.45, 2.75) is 13.8 Å². The van der Waals surface area contributed by atoms with Crippen LogP contribution in [0.15, 0.2) is 36.6 Å². The lowest BCUT2D eigenvalue weighted by molar-refractivity contribution is -0.118. The van der Waals surface area contributed by atoms with Gasteiger partial charge in [-0.2, -0.15) is 12.6 Å². The van der Waals surface area contributed by atoms with Gasteiger partial charge in [0.15, 0.2) is 0 Å². The molecule has 3 heteroatoms. The highest BCUT2D eigenvalue weighted by Crippen LogP contribution is 1.93. The van der Waals surface area contributed by atoms with E-state index in [1.54, 1.807) is 18.4 Å². The number of carbonyl (C=O) groups is 1. The van der Waals surface area contributed by atoms with Crippen molar-refractivity contribution >= 4 is 18.5 Å². The molecule has 0 fully saturated rings. The fourth-order valence-corrected chi connectivity index (χ4v) is 0.511. The Bertz CT molecular complexity index is 219. The summed E-state index contributed by atoms with van der Waals surface area (Å²) < 4.78 is 0. The molecule has 0 saturated heterocycles. The van der Waals surface area contributed by atoms with Crippen molar-refractivity contribution in [1.82, 2.24) is 5.32 Å². The Labute approximate surface area is 85.8 Å². The van der Waals surface area contributed by atoms with Crippen LogP contribution in [0, 0.1) is 0 Å². The van der Waals surface area contributed by atoms with Crippen molar-refractivity contribution in [3.63, 3.8) is 0 Å². The lowest BCUT2D eigenvalue weighted by atomic mass is 10.3. The summed E-state index contributed by atoms with van der Waals surface area (Å²) in [5.41, 5.74) is 1.51. The second kappa shape index (κ2) is 9.13. The molecule has 0 aromatic heterocycles. The van der Waals surface area contributed by atoms with Gasteiger partial charge in [-0.15, -0.1) is 0 Å². The van der Waals surface area contributed by atoms with Crippen molar-refractivity contribution < 1.29 is 4.79 Å². The van der Waals surface area contributed by atoms with Gasteiger partial charge >= 0.3 is 0 Å². The molecule has 0 radical (unpaired) electrons. The number of hydrogen-bond acceptors (Lipinski definition) is 2. The third-order valence-corrected chi connectivity index (χ3v) is 0.906. The van der Waals surface area contributed by atoms with Gasteiger partial charge in [0.2, 0.25) is 5.91 Å². The van der Waals surface area contributed by atoms with Crippen molar-refractivity contribution in [1.29, 1.82) is 0 Å². The van der Waals surface area contributed by atoms with Gasteiger partial charge in [-0.25, -0.2) is 0 Å². The van der Waals surface area contributed by atoms with E-state index in [0.717, 1.165) is 5.57 Å². The minimum Gasteiger partial charge on any atom is -0.327 e. The molecule has 0 aliphatic rings. The number of allylic oxidation sites excluding steroid dienone is 3. The Kier molecular flexibility index (Phi) is 10.2. The SMILES string of the molecule is C=C(C)/C=C\C(=C)NC(C)=O.CS. The zero-order valence-corrected chi connectivity index (χ0v) is 9.32.